The Morgan fingerprint density at radius 2 is 2.17 bits per heavy atom. The van der Waals surface area contributed by atoms with Crippen LogP contribution in [0.25, 0.3) is 11.5 Å². The van der Waals surface area contributed by atoms with E-state index in [0.717, 1.165) is 22.9 Å². The first-order valence-corrected chi connectivity index (χ1v) is 8.19. The van der Waals surface area contributed by atoms with Gasteiger partial charge in [-0.15, -0.1) is 5.10 Å². The van der Waals surface area contributed by atoms with E-state index >= 15 is 0 Å². The maximum Gasteiger partial charge on any atom is 0.180 e. The molecule has 0 aromatic carbocycles. The molecule has 24 heavy (non-hydrogen) atoms. The number of aromatic nitrogens is 6. The van der Waals surface area contributed by atoms with Gasteiger partial charge in [-0.1, -0.05) is 11.3 Å². The number of aryl methyl sites for hydroxylation is 1. The molecule has 3 aromatic rings. The van der Waals surface area contributed by atoms with E-state index in [-0.39, 0.29) is 0 Å². The van der Waals surface area contributed by atoms with Crippen LogP contribution in [0.4, 0.5) is 5.82 Å². The maximum atomic E-state index is 4.55. The smallest absolute Gasteiger partial charge is 0.180 e. The third-order valence-electron chi connectivity index (χ3n) is 4.21. The molecule has 0 radical (unpaired) electrons. The first kappa shape index (κ1) is 14.7. The quantitative estimate of drug-likeness (QED) is 0.778. The van der Waals surface area contributed by atoms with Gasteiger partial charge < -0.3 is 5.32 Å². The monoisotopic (exact) mass is 321 g/mol. The second-order valence-electron chi connectivity index (χ2n) is 6.06. The minimum Gasteiger partial charge on any atom is -0.364 e. The molecule has 1 N–H and O–H groups in total. The summed E-state index contributed by atoms with van der Waals surface area (Å²) in [6, 6.07) is 8.17. The van der Waals surface area contributed by atoms with Crippen molar-refractivity contribution in [2.75, 3.05) is 5.32 Å². The SMILES string of the molecule is Cc1cc(NCc2cn(C3CCC3)nn2)nc(-c2ccccn2)n1. The highest BCUT2D eigenvalue weighted by molar-refractivity contribution is 5.52. The molecular weight excluding hydrogens is 302 g/mol. The Morgan fingerprint density at radius 1 is 1.25 bits per heavy atom. The van der Waals surface area contributed by atoms with Gasteiger partial charge in [0, 0.05) is 18.0 Å². The Bertz CT molecular complexity index is 824. The number of pyridine rings is 1. The van der Waals surface area contributed by atoms with Crippen molar-refractivity contribution < 1.29 is 0 Å². The molecule has 1 saturated carbocycles. The average Bonchev–Trinajstić information content (AvgIpc) is 3.00. The van der Waals surface area contributed by atoms with Crippen molar-refractivity contribution in [3.63, 3.8) is 0 Å². The van der Waals surface area contributed by atoms with Crippen LogP contribution in [0, 0.1) is 6.92 Å². The van der Waals surface area contributed by atoms with Gasteiger partial charge in [-0.3, -0.25) is 4.98 Å². The molecule has 0 amide bonds. The van der Waals surface area contributed by atoms with Crippen LogP contribution < -0.4 is 5.32 Å². The second-order valence-corrected chi connectivity index (χ2v) is 6.06. The van der Waals surface area contributed by atoms with Gasteiger partial charge in [0.15, 0.2) is 5.82 Å². The molecule has 3 aromatic heterocycles. The normalized spacial score (nSPS) is 14.4. The fourth-order valence-corrected chi connectivity index (χ4v) is 2.67. The number of hydrogen-bond donors (Lipinski definition) is 1. The van der Waals surface area contributed by atoms with E-state index in [0.29, 0.717) is 18.4 Å². The lowest BCUT2D eigenvalue weighted by molar-refractivity contribution is 0.284. The number of hydrogen-bond acceptors (Lipinski definition) is 6. The predicted octanol–water partition coefficient (Wildman–Crippen LogP) is 2.78. The van der Waals surface area contributed by atoms with Gasteiger partial charge in [0.25, 0.3) is 0 Å². The van der Waals surface area contributed by atoms with Gasteiger partial charge in [0.2, 0.25) is 0 Å². The highest BCUT2D eigenvalue weighted by atomic mass is 15.4. The molecule has 0 spiro atoms. The summed E-state index contributed by atoms with van der Waals surface area (Å²) in [5, 5.41) is 11.8. The first-order valence-electron chi connectivity index (χ1n) is 8.19. The molecule has 7 heteroatoms. The number of anilines is 1. The Balaban J connectivity index is 1.48. The summed E-state index contributed by atoms with van der Waals surface area (Å²) in [6.45, 7) is 2.54. The molecule has 0 bridgehead atoms. The van der Waals surface area contributed by atoms with Crippen molar-refractivity contribution in [1.29, 1.82) is 0 Å². The van der Waals surface area contributed by atoms with E-state index in [4.69, 9.17) is 0 Å². The molecule has 7 nitrogen and oxygen atoms in total. The number of nitrogens with zero attached hydrogens (tertiary/aromatic N) is 6. The molecule has 1 aliphatic carbocycles. The topological polar surface area (TPSA) is 81.4 Å². The molecule has 0 aliphatic heterocycles. The van der Waals surface area contributed by atoms with E-state index in [1.807, 2.05) is 42.1 Å². The zero-order valence-corrected chi connectivity index (χ0v) is 13.6. The van der Waals surface area contributed by atoms with E-state index in [9.17, 15) is 0 Å². The van der Waals surface area contributed by atoms with Gasteiger partial charge in [0.05, 0.1) is 18.8 Å². The van der Waals surface area contributed by atoms with Gasteiger partial charge in [-0.25, -0.2) is 14.6 Å². The Kier molecular flexibility index (Phi) is 3.90. The fourth-order valence-electron chi connectivity index (χ4n) is 2.67. The van der Waals surface area contributed by atoms with Crippen LogP contribution in [0.1, 0.15) is 36.7 Å². The fraction of sp³-hybridized carbons (Fsp3) is 0.353. The molecular formula is C17H19N7. The number of rotatable bonds is 5. The van der Waals surface area contributed by atoms with Gasteiger partial charge >= 0.3 is 0 Å². The summed E-state index contributed by atoms with van der Waals surface area (Å²) in [7, 11) is 0. The van der Waals surface area contributed by atoms with E-state index in [1.165, 1.54) is 19.3 Å². The van der Waals surface area contributed by atoms with E-state index in [2.05, 4.69) is 30.6 Å². The third-order valence-corrected chi connectivity index (χ3v) is 4.21. The molecule has 4 rings (SSSR count). The van der Waals surface area contributed by atoms with Gasteiger partial charge in [-0.05, 0) is 38.3 Å². The Morgan fingerprint density at radius 3 is 2.92 bits per heavy atom. The van der Waals surface area contributed by atoms with Crippen molar-refractivity contribution in [2.45, 2.75) is 38.8 Å². The summed E-state index contributed by atoms with van der Waals surface area (Å²) in [5.41, 5.74) is 2.57. The molecule has 1 fully saturated rings. The largest absolute Gasteiger partial charge is 0.364 e. The van der Waals surface area contributed by atoms with E-state index < -0.39 is 0 Å². The second kappa shape index (κ2) is 6.35. The van der Waals surface area contributed by atoms with Crippen LogP contribution in [-0.2, 0) is 6.54 Å². The maximum absolute atomic E-state index is 4.55. The van der Waals surface area contributed by atoms with Crippen molar-refractivity contribution in [1.82, 2.24) is 29.9 Å². The molecule has 0 atom stereocenters. The molecule has 1 aliphatic rings. The lowest BCUT2D eigenvalue weighted by Gasteiger charge is -2.24. The van der Waals surface area contributed by atoms with Crippen LogP contribution in [0.15, 0.2) is 36.7 Å². The molecule has 0 unspecified atom stereocenters. The molecule has 0 saturated heterocycles. The van der Waals surface area contributed by atoms with Crippen LogP contribution in [0.2, 0.25) is 0 Å². The van der Waals surface area contributed by atoms with Crippen molar-refractivity contribution in [3.05, 3.63) is 48.0 Å². The first-order chi connectivity index (χ1) is 11.8. The lowest BCUT2D eigenvalue weighted by Crippen LogP contribution is -2.17. The standard InChI is InChI=1S/C17H19N7/c1-12-9-16(21-17(20-12)15-7-2-3-8-18-15)19-10-13-11-24(23-22-13)14-5-4-6-14/h2-3,7-9,11,14H,4-6,10H2,1H3,(H,19,20,21). The van der Waals surface area contributed by atoms with Crippen molar-refractivity contribution in [2.24, 2.45) is 0 Å². The van der Waals surface area contributed by atoms with E-state index in [1.54, 1.807) is 6.20 Å². The van der Waals surface area contributed by atoms with Crippen LogP contribution in [-0.4, -0.2) is 29.9 Å². The third kappa shape index (κ3) is 3.10. The van der Waals surface area contributed by atoms with Gasteiger partial charge in [0.1, 0.15) is 17.2 Å². The lowest BCUT2D eigenvalue weighted by atomic mass is 9.93. The highest BCUT2D eigenvalue weighted by Gasteiger charge is 2.20. The molecule has 3 heterocycles. The minimum atomic E-state index is 0.531. The van der Waals surface area contributed by atoms with Crippen LogP contribution >= 0.6 is 0 Å². The van der Waals surface area contributed by atoms with Crippen molar-refractivity contribution in [3.8, 4) is 11.5 Å². The summed E-state index contributed by atoms with van der Waals surface area (Å²) in [6.07, 6.45) is 7.45. The highest BCUT2D eigenvalue weighted by Crippen LogP contribution is 2.30. The molecule has 122 valence electrons. The Labute approximate surface area is 140 Å². The zero-order chi connectivity index (χ0) is 16.4. The predicted molar refractivity (Wildman–Crippen MR) is 90.2 cm³/mol. The van der Waals surface area contributed by atoms with Gasteiger partial charge in [-0.2, -0.15) is 0 Å². The summed E-state index contributed by atoms with van der Waals surface area (Å²) < 4.78 is 1.98. The summed E-state index contributed by atoms with van der Waals surface area (Å²) >= 11 is 0. The number of nitrogens with one attached hydrogen (secondary N) is 1. The van der Waals surface area contributed by atoms with Crippen LogP contribution in [0.3, 0.4) is 0 Å². The average molecular weight is 321 g/mol. The summed E-state index contributed by atoms with van der Waals surface area (Å²) in [4.78, 5) is 13.3. The minimum absolute atomic E-state index is 0.531. The van der Waals surface area contributed by atoms with Crippen LogP contribution in [0.5, 0.6) is 0 Å². The summed E-state index contributed by atoms with van der Waals surface area (Å²) in [5.74, 6) is 1.39. The van der Waals surface area contributed by atoms with Crippen molar-refractivity contribution >= 4 is 5.82 Å². The zero-order valence-electron chi connectivity index (χ0n) is 13.6. The Hall–Kier alpha value is -2.83.